The van der Waals surface area contributed by atoms with Gasteiger partial charge in [-0.15, -0.1) is 0 Å². The van der Waals surface area contributed by atoms with Crippen LogP contribution in [0.4, 0.5) is 0 Å². The summed E-state index contributed by atoms with van der Waals surface area (Å²) in [6.07, 6.45) is 6.61. The Morgan fingerprint density at radius 1 is 1.07 bits per heavy atom. The molecular formula is C14H13N. The third-order valence-electron chi connectivity index (χ3n) is 2.74. The van der Waals surface area contributed by atoms with E-state index in [4.69, 9.17) is 5.26 Å². The Bertz CT molecular complexity index is 455. The van der Waals surface area contributed by atoms with E-state index in [2.05, 4.69) is 25.1 Å². The van der Waals surface area contributed by atoms with Crippen LogP contribution in [0.1, 0.15) is 30.9 Å². The summed E-state index contributed by atoms with van der Waals surface area (Å²) in [6, 6.07) is 9.94. The molecule has 0 heterocycles. The Morgan fingerprint density at radius 2 is 1.80 bits per heavy atom. The maximum absolute atomic E-state index is 8.70. The fraction of sp³-hybridized carbons (Fsp3) is 0.214. The molecule has 0 bridgehead atoms. The topological polar surface area (TPSA) is 23.8 Å². The van der Waals surface area contributed by atoms with Gasteiger partial charge >= 0.3 is 0 Å². The first-order valence-electron chi connectivity index (χ1n) is 5.16. The number of nitriles is 1. The molecule has 1 aliphatic rings. The van der Waals surface area contributed by atoms with Gasteiger partial charge in [0.2, 0.25) is 0 Å². The molecule has 0 aliphatic heterocycles. The molecule has 1 aliphatic carbocycles. The number of hydrogen-bond donors (Lipinski definition) is 0. The summed E-state index contributed by atoms with van der Waals surface area (Å²) in [7, 11) is 0. The van der Waals surface area contributed by atoms with Crippen LogP contribution in [-0.2, 0) is 0 Å². The van der Waals surface area contributed by atoms with Gasteiger partial charge in [0.1, 0.15) is 0 Å². The van der Waals surface area contributed by atoms with Crippen molar-refractivity contribution in [2.24, 2.45) is 0 Å². The lowest BCUT2D eigenvalue weighted by molar-refractivity contribution is 0.977. The standard InChI is InChI=1S/C14H13N/c1-11-2-6-13(7-3-11)14-8-4-12(10-15)5-9-14/h2,4-6,8-9H,3,7H2,1H3. The molecule has 0 saturated heterocycles. The van der Waals surface area contributed by atoms with E-state index in [1.54, 1.807) is 0 Å². The second-order valence-corrected chi connectivity index (χ2v) is 3.89. The smallest absolute Gasteiger partial charge is 0.0991 e. The van der Waals surface area contributed by atoms with Gasteiger partial charge in [-0.3, -0.25) is 0 Å². The SMILES string of the molecule is CC1=CC=C(c2ccc(C#N)cc2)CC1. The summed E-state index contributed by atoms with van der Waals surface area (Å²) in [5, 5.41) is 8.70. The van der Waals surface area contributed by atoms with E-state index >= 15 is 0 Å². The van der Waals surface area contributed by atoms with Crippen LogP contribution in [0.3, 0.4) is 0 Å². The molecule has 2 rings (SSSR count). The minimum atomic E-state index is 0.724. The van der Waals surface area contributed by atoms with Gasteiger partial charge < -0.3 is 0 Å². The summed E-state index contributed by atoms with van der Waals surface area (Å²) < 4.78 is 0. The summed E-state index contributed by atoms with van der Waals surface area (Å²) in [5.74, 6) is 0. The highest BCUT2D eigenvalue weighted by Gasteiger charge is 2.05. The van der Waals surface area contributed by atoms with Crippen LogP contribution in [0.5, 0.6) is 0 Å². The van der Waals surface area contributed by atoms with Crippen molar-refractivity contribution < 1.29 is 0 Å². The van der Waals surface area contributed by atoms with Crippen LogP contribution >= 0.6 is 0 Å². The van der Waals surface area contributed by atoms with Crippen molar-refractivity contribution in [1.29, 1.82) is 5.26 Å². The molecule has 1 heteroatoms. The normalized spacial score (nSPS) is 15.2. The van der Waals surface area contributed by atoms with Gasteiger partial charge in [-0.2, -0.15) is 5.26 Å². The Labute approximate surface area is 90.4 Å². The molecule has 0 spiro atoms. The highest BCUT2D eigenvalue weighted by atomic mass is 14.2. The van der Waals surface area contributed by atoms with E-state index < -0.39 is 0 Å². The highest BCUT2D eigenvalue weighted by molar-refractivity contribution is 5.69. The van der Waals surface area contributed by atoms with E-state index in [-0.39, 0.29) is 0 Å². The van der Waals surface area contributed by atoms with Crippen LogP contribution < -0.4 is 0 Å². The molecule has 74 valence electrons. The minimum Gasteiger partial charge on any atom is -0.192 e. The average molecular weight is 195 g/mol. The summed E-state index contributed by atoms with van der Waals surface area (Å²) in [5.41, 5.74) is 4.76. The first-order chi connectivity index (χ1) is 7.29. The average Bonchev–Trinajstić information content (AvgIpc) is 2.30. The van der Waals surface area contributed by atoms with Crippen LogP contribution in [0.2, 0.25) is 0 Å². The molecule has 0 fully saturated rings. The maximum atomic E-state index is 8.70. The van der Waals surface area contributed by atoms with Gasteiger partial charge in [-0.05, 0) is 43.0 Å². The lowest BCUT2D eigenvalue weighted by Crippen LogP contribution is -1.91. The number of benzene rings is 1. The van der Waals surface area contributed by atoms with E-state index in [9.17, 15) is 0 Å². The molecule has 0 atom stereocenters. The highest BCUT2D eigenvalue weighted by Crippen LogP contribution is 2.26. The molecule has 0 radical (unpaired) electrons. The van der Waals surface area contributed by atoms with Gasteiger partial charge in [0.05, 0.1) is 11.6 Å². The van der Waals surface area contributed by atoms with Crippen molar-refractivity contribution in [3.63, 3.8) is 0 Å². The molecule has 0 aromatic heterocycles. The largest absolute Gasteiger partial charge is 0.192 e. The molecule has 15 heavy (non-hydrogen) atoms. The molecule has 1 aromatic carbocycles. The van der Waals surface area contributed by atoms with Crippen LogP contribution in [0.25, 0.3) is 5.57 Å². The summed E-state index contributed by atoms with van der Waals surface area (Å²) in [4.78, 5) is 0. The van der Waals surface area contributed by atoms with Crippen LogP contribution in [-0.4, -0.2) is 0 Å². The first-order valence-corrected chi connectivity index (χ1v) is 5.16. The lowest BCUT2D eigenvalue weighted by Gasteiger charge is -2.12. The zero-order valence-electron chi connectivity index (χ0n) is 8.83. The van der Waals surface area contributed by atoms with Crippen molar-refractivity contribution >= 4 is 5.57 Å². The van der Waals surface area contributed by atoms with Crippen molar-refractivity contribution in [3.05, 3.63) is 53.1 Å². The van der Waals surface area contributed by atoms with Crippen LogP contribution in [0.15, 0.2) is 42.0 Å². The van der Waals surface area contributed by atoms with Crippen LogP contribution in [0, 0.1) is 11.3 Å². The fourth-order valence-electron chi connectivity index (χ4n) is 1.74. The quantitative estimate of drug-likeness (QED) is 0.670. The fourth-order valence-corrected chi connectivity index (χ4v) is 1.74. The lowest BCUT2D eigenvalue weighted by atomic mass is 9.93. The molecular weight excluding hydrogens is 182 g/mol. The van der Waals surface area contributed by atoms with E-state index in [0.717, 1.165) is 18.4 Å². The Balaban J connectivity index is 2.28. The zero-order chi connectivity index (χ0) is 10.7. The molecule has 0 amide bonds. The monoisotopic (exact) mass is 195 g/mol. The summed E-state index contributed by atoms with van der Waals surface area (Å²) in [6.45, 7) is 2.16. The van der Waals surface area contributed by atoms with Gasteiger partial charge in [-0.1, -0.05) is 29.9 Å². The van der Waals surface area contributed by atoms with Crippen molar-refractivity contribution in [2.45, 2.75) is 19.8 Å². The number of hydrogen-bond acceptors (Lipinski definition) is 1. The molecule has 0 unspecified atom stereocenters. The molecule has 0 N–H and O–H groups in total. The van der Waals surface area contributed by atoms with Gasteiger partial charge in [0.15, 0.2) is 0 Å². The Morgan fingerprint density at radius 3 is 2.33 bits per heavy atom. The third kappa shape index (κ3) is 2.16. The molecule has 1 nitrogen and oxygen atoms in total. The number of nitrogens with zero attached hydrogens (tertiary/aromatic N) is 1. The predicted molar refractivity (Wildman–Crippen MR) is 62.1 cm³/mol. The predicted octanol–water partition coefficient (Wildman–Crippen LogP) is 3.68. The third-order valence-corrected chi connectivity index (χ3v) is 2.74. The maximum Gasteiger partial charge on any atom is 0.0991 e. The van der Waals surface area contributed by atoms with Gasteiger partial charge in [0, 0.05) is 0 Å². The summed E-state index contributed by atoms with van der Waals surface area (Å²) >= 11 is 0. The zero-order valence-corrected chi connectivity index (χ0v) is 8.83. The van der Waals surface area contributed by atoms with E-state index in [1.165, 1.54) is 16.7 Å². The number of rotatable bonds is 1. The molecule has 0 saturated carbocycles. The number of allylic oxidation sites excluding steroid dienone is 4. The minimum absolute atomic E-state index is 0.724. The van der Waals surface area contributed by atoms with Crippen molar-refractivity contribution in [3.8, 4) is 6.07 Å². The van der Waals surface area contributed by atoms with Gasteiger partial charge in [-0.25, -0.2) is 0 Å². The van der Waals surface area contributed by atoms with E-state index in [0.29, 0.717) is 0 Å². The van der Waals surface area contributed by atoms with Gasteiger partial charge in [0.25, 0.3) is 0 Å². The van der Waals surface area contributed by atoms with Crippen molar-refractivity contribution in [1.82, 2.24) is 0 Å². The molecule has 1 aromatic rings. The van der Waals surface area contributed by atoms with Crippen molar-refractivity contribution in [2.75, 3.05) is 0 Å². The Kier molecular flexibility index (Phi) is 2.69. The first kappa shape index (κ1) is 9.73. The second-order valence-electron chi connectivity index (χ2n) is 3.89. The second kappa shape index (κ2) is 4.14. The van der Waals surface area contributed by atoms with E-state index in [1.807, 2.05) is 24.3 Å². The Hall–Kier alpha value is -1.81.